The van der Waals surface area contributed by atoms with Crippen LogP contribution in [0.25, 0.3) is 10.8 Å². The van der Waals surface area contributed by atoms with Crippen molar-refractivity contribution in [1.29, 1.82) is 0 Å². The fourth-order valence-corrected chi connectivity index (χ4v) is 2.90. The van der Waals surface area contributed by atoms with E-state index in [0.717, 1.165) is 6.42 Å². The van der Waals surface area contributed by atoms with E-state index in [1.165, 1.54) is 26.9 Å². The van der Waals surface area contributed by atoms with Gasteiger partial charge in [-0.1, -0.05) is 18.2 Å². The highest BCUT2D eigenvalue weighted by molar-refractivity contribution is 8.01. The topological polar surface area (TPSA) is 32.3 Å². The first-order chi connectivity index (χ1) is 7.40. The Hall–Kier alpha value is -1.19. The molecule has 2 aromatic rings. The van der Waals surface area contributed by atoms with Crippen LogP contribution in [0, 0.1) is 0 Å². The van der Waals surface area contributed by atoms with E-state index in [-0.39, 0.29) is 6.61 Å². The van der Waals surface area contributed by atoms with Crippen molar-refractivity contribution in [3.63, 3.8) is 0 Å². The molecule has 3 rings (SSSR count). The van der Waals surface area contributed by atoms with Gasteiger partial charge in [-0.3, -0.25) is 0 Å². The van der Waals surface area contributed by atoms with Crippen LogP contribution in [-0.2, 0) is 6.42 Å². The van der Waals surface area contributed by atoms with Gasteiger partial charge in [0.2, 0.25) is 0 Å². The third-order valence-corrected chi connectivity index (χ3v) is 3.63. The number of aliphatic hydroxyl groups excluding tert-OH is 1. The molecule has 0 aliphatic carbocycles. The summed E-state index contributed by atoms with van der Waals surface area (Å²) in [7, 11) is 0. The molecule has 1 aliphatic heterocycles. The van der Waals surface area contributed by atoms with E-state index in [1.54, 1.807) is 11.9 Å². The number of hydrogen-bond acceptors (Lipinski definition) is 3. The van der Waals surface area contributed by atoms with Crippen molar-refractivity contribution in [2.45, 2.75) is 11.3 Å². The second-order valence-electron chi connectivity index (χ2n) is 3.63. The average Bonchev–Trinajstić information content (AvgIpc) is 2.68. The molecule has 2 N–H and O–H groups in total. The smallest absolute Gasteiger partial charge is 0.0534 e. The van der Waals surface area contributed by atoms with Crippen LogP contribution in [0.1, 0.15) is 5.56 Å². The first kappa shape index (κ1) is 9.07. The first-order valence-corrected chi connectivity index (χ1v) is 5.80. The van der Waals surface area contributed by atoms with Gasteiger partial charge in [0.25, 0.3) is 0 Å². The van der Waals surface area contributed by atoms with Gasteiger partial charge < -0.3 is 9.83 Å². The number of aliphatic hydroxyl groups is 1. The summed E-state index contributed by atoms with van der Waals surface area (Å²) in [6.45, 7) is 0.208. The molecular weight excluding hydrogens is 206 g/mol. The molecule has 0 saturated carbocycles. The molecule has 0 bridgehead atoms. The number of hydrogen-bond donors (Lipinski definition) is 2. The Morgan fingerprint density at radius 2 is 2.13 bits per heavy atom. The summed E-state index contributed by atoms with van der Waals surface area (Å²) in [6, 6.07) is 10.5. The van der Waals surface area contributed by atoms with Crippen LogP contribution in [0.4, 0.5) is 5.69 Å². The molecular formula is C12H11NOS. The van der Waals surface area contributed by atoms with Gasteiger partial charge in [-0.15, -0.1) is 0 Å². The summed E-state index contributed by atoms with van der Waals surface area (Å²) in [5, 5.41) is 11.6. The lowest BCUT2D eigenvalue weighted by atomic mass is 10.0. The molecule has 0 atom stereocenters. The second-order valence-corrected chi connectivity index (χ2v) is 4.48. The molecule has 15 heavy (non-hydrogen) atoms. The van der Waals surface area contributed by atoms with E-state index in [2.05, 4.69) is 35.1 Å². The largest absolute Gasteiger partial charge is 0.396 e. The molecule has 0 saturated heterocycles. The highest BCUT2D eigenvalue weighted by atomic mass is 32.2. The van der Waals surface area contributed by atoms with E-state index in [4.69, 9.17) is 5.11 Å². The highest BCUT2D eigenvalue weighted by Gasteiger charge is 2.15. The normalized spacial score (nSPS) is 13.1. The van der Waals surface area contributed by atoms with Crippen LogP contribution in [0.5, 0.6) is 0 Å². The van der Waals surface area contributed by atoms with Crippen LogP contribution in [-0.4, -0.2) is 11.7 Å². The van der Waals surface area contributed by atoms with Crippen molar-refractivity contribution in [2.24, 2.45) is 0 Å². The number of anilines is 1. The summed E-state index contributed by atoms with van der Waals surface area (Å²) < 4.78 is 3.30. The zero-order valence-corrected chi connectivity index (χ0v) is 8.97. The van der Waals surface area contributed by atoms with Crippen LogP contribution in [0.15, 0.2) is 35.2 Å². The molecule has 2 nitrogen and oxygen atoms in total. The van der Waals surface area contributed by atoms with Gasteiger partial charge in [0.1, 0.15) is 0 Å². The molecule has 2 aromatic carbocycles. The van der Waals surface area contributed by atoms with E-state index in [1.807, 2.05) is 0 Å². The number of nitrogens with one attached hydrogen (secondary N) is 1. The van der Waals surface area contributed by atoms with Gasteiger partial charge in [0.05, 0.1) is 5.69 Å². The third-order valence-electron chi connectivity index (χ3n) is 2.74. The number of benzene rings is 2. The van der Waals surface area contributed by atoms with Gasteiger partial charge in [0, 0.05) is 16.9 Å². The Balaban J connectivity index is 2.33. The van der Waals surface area contributed by atoms with E-state index < -0.39 is 0 Å². The first-order valence-electron chi connectivity index (χ1n) is 4.98. The Morgan fingerprint density at radius 1 is 1.20 bits per heavy atom. The molecule has 0 spiro atoms. The fraction of sp³-hybridized carbons (Fsp3) is 0.167. The van der Waals surface area contributed by atoms with E-state index in [9.17, 15) is 0 Å². The zero-order valence-electron chi connectivity index (χ0n) is 8.16. The molecule has 0 unspecified atom stereocenters. The molecule has 0 amide bonds. The van der Waals surface area contributed by atoms with Crippen molar-refractivity contribution < 1.29 is 5.11 Å². The molecule has 76 valence electrons. The summed E-state index contributed by atoms with van der Waals surface area (Å²) in [5.41, 5.74) is 2.41. The molecule has 1 aliphatic rings. The molecule has 3 heteroatoms. The Labute approximate surface area is 92.4 Å². The minimum Gasteiger partial charge on any atom is -0.396 e. The van der Waals surface area contributed by atoms with Crippen molar-refractivity contribution in [2.75, 3.05) is 11.3 Å². The maximum Gasteiger partial charge on any atom is 0.0534 e. The van der Waals surface area contributed by atoms with Gasteiger partial charge in [-0.2, -0.15) is 0 Å². The van der Waals surface area contributed by atoms with Crippen molar-refractivity contribution in [1.82, 2.24) is 0 Å². The second kappa shape index (κ2) is 3.43. The van der Waals surface area contributed by atoms with Crippen LogP contribution < -0.4 is 4.72 Å². The van der Waals surface area contributed by atoms with Crippen molar-refractivity contribution in [3.05, 3.63) is 35.9 Å². The molecule has 0 fully saturated rings. The van der Waals surface area contributed by atoms with E-state index in [0.29, 0.717) is 0 Å². The predicted molar refractivity (Wildman–Crippen MR) is 64.2 cm³/mol. The van der Waals surface area contributed by atoms with Gasteiger partial charge in [-0.05, 0) is 41.5 Å². The van der Waals surface area contributed by atoms with Crippen molar-refractivity contribution in [3.8, 4) is 0 Å². The summed E-state index contributed by atoms with van der Waals surface area (Å²) in [4.78, 5) is 1.28. The maximum absolute atomic E-state index is 9.01. The summed E-state index contributed by atoms with van der Waals surface area (Å²) >= 11 is 1.66. The predicted octanol–water partition coefficient (Wildman–Crippen LogP) is 2.81. The minimum atomic E-state index is 0.208. The van der Waals surface area contributed by atoms with Crippen LogP contribution >= 0.6 is 11.9 Å². The Kier molecular flexibility index (Phi) is 2.08. The molecule has 0 radical (unpaired) electrons. The SMILES string of the molecule is OCCc1ccc2c3c(cccc13)NS2. The van der Waals surface area contributed by atoms with Gasteiger partial charge in [-0.25, -0.2) is 0 Å². The van der Waals surface area contributed by atoms with Crippen molar-refractivity contribution >= 4 is 28.4 Å². The van der Waals surface area contributed by atoms with Gasteiger partial charge >= 0.3 is 0 Å². The lowest BCUT2D eigenvalue weighted by Gasteiger charge is -2.05. The van der Waals surface area contributed by atoms with Crippen LogP contribution in [0.3, 0.4) is 0 Å². The third kappa shape index (κ3) is 1.31. The Bertz CT molecular complexity index is 514. The lowest BCUT2D eigenvalue weighted by Crippen LogP contribution is -1.91. The summed E-state index contributed by atoms with van der Waals surface area (Å²) in [6.07, 6.45) is 0.727. The number of rotatable bonds is 2. The zero-order chi connectivity index (χ0) is 10.3. The molecule has 1 heterocycles. The van der Waals surface area contributed by atoms with Crippen LogP contribution in [0.2, 0.25) is 0 Å². The fourth-order valence-electron chi connectivity index (χ4n) is 2.05. The monoisotopic (exact) mass is 217 g/mol. The summed E-state index contributed by atoms with van der Waals surface area (Å²) in [5.74, 6) is 0. The minimum absolute atomic E-state index is 0.208. The molecule has 0 aromatic heterocycles. The maximum atomic E-state index is 9.01. The quantitative estimate of drug-likeness (QED) is 0.759. The van der Waals surface area contributed by atoms with E-state index >= 15 is 0 Å². The average molecular weight is 217 g/mol. The highest BCUT2D eigenvalue weighted by Crippen LogP contribution is 2.41. The standard InChI is InChI=1S/C12H11NOS/c14-7-6-8-4-5-11-12-9(8)2-1-3-10(12)13-15-11/h1-5,13-14H,6-7H2. The van der Waals surface area contributed by atoms with Gasteiger partial charge in [0.15, 0.2) is 0 Å². The Morgan fingerprint density at radius 3 is 3.00 bits per heavy atom. The lowest BCUT2D eigenvalue weighted by molar-refractivity contribution is 0.300.